The van der Waals surface area contributed by atoms with Crippen LogP contribution in [0.4, 0.5) is 24.5 Å². The lowest BCUT2D eigenvalue weighted by Crippen LogP contribution is -2.32. The van der Waals surface area contributed by atoms with E-state index in [1.54, 1.807) is 0 Å². The summed E-state index contributed by atoms with van der Waals surface area (Å²) < 4.78 is 63.3. The number of carbonyl (C=O) groups is 1. The lowest BCUT2D eigenvalue weighted by Gasteiger charge is -2.24. The fourth-order valence-corrected chi connectivity index (χ4v) is 4.16. The second-order valence-corrected chi connectivity index (χ2v) is 9.75. The van der Waals surface area contributed by atoms with Gasteiger partial charge in [-0.3, -0.25) is 19.9 Å². The smallest absolute Gasteiger partial charge is 0.301 e. The van der Waals surface area contributed by atoms with E-state index in [0.29, 0.717) is 6.07 Å². The van der Waals surface area contributed by atoms with Crippen LogP contribution < -0.4 is 4.90 Å². The zero-order valence-electron chi connectivity index (χ0n) is 17.2. The topological polar surface area (TPSA) is 123 Å². The number of nitro groups is 1. The molecule has 1 amide bonds. The van der Waals surface area contributed by atoms with Gasteiger partial charge in [0.05, 0.1) is 27.2 Å². The van der Waals surface area contributed by atoms with Crippen LogP contribution in [0, 0.1) is 10.1 Å². The first kappa shape index (κ1) is 25.2. The molecule has 0 fully saturated rings. The van der Waals surface area contributed by atoms with Gasteiger partial charge in [0.15, 0.2) is 14.9 Å². The molecule has 14 heteroatoms. The van der Waals surface area contributed by atoms with Crippen LogP contribution in [-0.4, -0.2) is 35.5 Å². The molecular weight excluding hydrogens is 545 g/mol. The van der Waals surface area contributed by atoms with Crippen LogP contribution in [0.2, 0.25) is 0 Å². The van der Waals surface area contributed by atoms with E-state index < -0.39 is 37.6 Å². The van der Waals surface area contributed by atoms with Gasteiger partial charge in [0, 0.05) is 24.7 Å². The molecule has 0 aliphatic carbocycles. The molecule has 0 spiro atoms. The highest BCUT2D eigenvalue weighted by atomic mass is 79.9. The van der Waals surface area contributed by atoms with Gasteiger partial charge in [0.2, 0.25) is 0 Å². The Bertz CT molecular complexity index is 1370. The van der Waals surface area contributed by atoms with Crippen molar-refractivity contribution >= 4 is 43.0 Å². The Hall–Kier alpha value is -3.39. The van der Waals surface area contributed by atoms with Crippen molar-refractivity contribution in [3.8, 4) is 0 Å². The summed E-state index contributed by atoms with van der Waals surface area (Å²) in [5, 5.41) is 10.8. The first-order valence-electron chi connectivity index (χ1n) is 9.22. The molecule has 0 N–H and O–H groups in total. The molecule has 0 unspecified atom stereocenters. The van der Waals surface area contributed by atoms with Gasteiger partial charge in [-0.1, -0.05) is 6.07 Å². The molecule has 0 bridgehead atoms. The number of hydrogen-bond acceptors (Lipinski definition) is 7. The summed E-state index contributed by atoms with van der Waals surface area (Å²) in [4.78, 5) is 32.0. The molecule has 34 heavy (non-hydrogen) atoms. The van der Waals surface area contributed by atoms with Crippen molar-refractivity contribution in [2.45, 2.75) is 17.7 Å². The molecule has 0 atom stereocenters. The number of carbonyl (C=O) groups excluding carboxylic acids is 1. The SMILES string of the molecule is CS(=O)(=O)c1ncccc1N(Cc1ccc(Br)c([N+](=O)[O-])c1)C(=O)c1ccc(C(F)(F)F)nc1. The number of hydrogen-bond donors (Lipinski definition) is 0. The third-order valence-electron chi connectivity index (χ3n) is 4.49. The van der Waals surface area contributed by atoms with Gasteiger partial charge in [0.1, 0.15) is 5.69 Å². The fraction of sp³-hybridized carbons (Fsp3) is 0.150. The van der Waals surface area contributed by atoms with Crippen molar-refractivity contribution in [1.82, 2.24) is 9.97 Å². The van der Waals surface area contributed by atoms with E-state index in [9.17, 15) is 36.5 Å². The van der Waals surface area contributed by atoms with Crippen LogP contribution in [0.15, 0.2) is 64.4 Å². The summed E-state index contributed by atoms with van der Waals surface area (Å²) in [6, 6.07) is 8.24. The van der Waals surface area contributed by atoms with Gasteiger partial charge in [-0.25, -0.2) is 13.4 Å². The minimum atomic E-state index is -4.72. The van der Waals surface area contributed by atoms with E-state index in [1.807, 2.05) is 0 Å². The highest BCUT2D eigenvalue weighted by molar-refractivity contribution is 9.10. The monoisotopic (exact) mass is 558 g/mol. The van der Waals surface area contributed by atoms with E-state index in [4.69, 9.17) is 0 Å². The van der Waals surface area contributed by atoms with Gasteiger partial charge in [-0.15, -0.1) is 0 Å². The second-order valence-electron chi connectivity index (χ2n) is 6.96. The predicted molar refractivity (Wildman–Crippen MR) is 118 cm³/mol. The Morgan fingerprint density at radius 1 is 1.18 bits per heavy atom. The van der Waals surface area contributed by atoms with Gasteiger partial charge >= 0.3 is 6.18 Å². The van der Waals surface area contributed by atoms with E-state index in [0.717, 1.165) is 23.4 Å². The number of alkyl halides is 3. The summed E-state index contributed by atoms with van der Waals surface area (Å²) >= 11 is 3.06. The Morgan fingerprint density at radius 3 is 2.44 bits per heavy atom. The third kappa shape index (κ3) is 5.56. The van der Waals surface area contributed by atoms with E-state index in [1.165, 1.54) is 36.5 Å². The Morgan fingerprint density at radius 2 is 1.88 bits per heavy atom. The number of pyridine rings is 2. The highest BCUT2D eigenvalue weighted by Crippen LogP contribution is 2.31. The molecule has 178 valence electrons. The molecule has 9 nitrogen and oxygen atoms in total. The van der Waals surface area contributed by atoms with E-state index in [-0.39, 0.29) is 33.5 Å². The van der Waals surface area contributed by atoms with Gasteiger partial charge in [-0.2, -0.15) is 13.2 Å². The maximum Gasteiger partial charge on any atom is 0.433 e. The van der Waals surface area contributed by atoms with Crippen molar-refractivity contribution in [2.24, 2.45) is 0 Å². The van der Waals surface area contributed by atoms with Crippen LogP contribution in [-0.2, 0) is 22.6 Å². The summed E-state index contributed by atoms with van der Waals surface area (Å²) in [6.45, 7) is -0.345. The number of aromatic nitrogens is 2. The zero-order valence-corrected chi connectivity index (χ0v) is 19.6. The summed E-state index contributed by atoms with van der Waals surface area (Å²) in [5.41, 5.74) is -1.66. The minimum Gasteiger partial charge on any atom is -0.301 e. The number of sulfone groups is 1. The van der Waals surface area contributed by atoms with Crippen molar-refractivity contribution < 1.29 is 31.3 Å². The average Bonchev–Trinajstić information content (AvgIpc) is 2.77. The number of amides is 1. The molecule has 1 aromatic carbocycles. The number of nitro benzene ring substituents is 1. The number of rotatable bonds is 6. The second kappa shape index (κ2) is 9.46. The molecule has 3 aromatic rings. The molecule has 0 saturated carbocycles. The first-order chi connectivity index (χ1) is 15.8. The van der Waals surface area contributed by atoms with Crippen LogP contribution in [0.5, 0.6) is 0 Å². The van der Waals surface area contributed by atoms with Crippen LogP contribution in [0.3, 0.4) is 0 Å². The van der Waals surface area contributed by atoms with Crippen molar-refractivity contribution in [3.05, 3.63) is 86.3 Å². The Kier molecular flexibility index (Phi) is 7.02. The van der Waals surface area contributed by atoms with Gasteiger partial charge in [-0.05, 0) is 51.8 Å². The number of halogens is 4. The lowest BCUT2D eigenvalue weighted by molar-refractivity contribution is -0.385. The maximum absolute atomic E-state index is 13.3. The zero-order chi connectivity index (χ0) is 25.3. The molecule has 3 rings (SSSR count). The summed E-state index contributed by atoms with van der Waals surface area (Å²) in [5.74, 6) is -0.885. The van der Waals surface area contributed by atoms with Crippen molar-refractivity contribution in [3.63, 3.8) is 0 Å². The van der Waals surface area contributed by atoms with Crippen molar-refractivity contribution in [1.29, 1.82) is 0 Å². The number of anilines is 1. The number of benzene rings is 1. The highest BCUT2D eigenvalue weighted by Gasteiger charge is 2.33. The number of nitrogens with zero attached hydrogens (tertiary/aromatic N) is 4. The first-order valence-corrected chi connectivity index (χ1v) is 11.9. The predicted octanol–water partition coefficient (Wildman–Crippen LogP) is 4.42. The molecule has 0 aliphatic rings. The summed E-state index contributed by atoms with van der Waals surface area (Å²) in [7, 11) is -3.93. The third-order valence-corrected chi connectivity index (χ3v) is 6.17. The Balaban J connectivity index is 2.13. The lowest BCUT2D eigenvalue weighted by atomic mass is 10.1. The van der Waals surface area contributed by atoms with E-state index in [2.05, 4.69) is 25.9 Å². The molecule has 0 saturated heterocycles. The fourth-order valence-electron chi connectivity index (χ4n) is 2.96. The van der Waals surface area contributed by atoms with Gasteiger partial charge in [0.25, 0.3) is 11.6 Å². The molecular formula is C20H14BrF3N4O5S. The molecule has 2 heterocycles. The maximum atomic E-state index is 13.3. The summed E-state index contributed by atoms with van der Waals surface area (Å²) in [6.07, 6.45) is -1.92. The average molecular weight is 559 g/mol. The Labute approximate surface area is 199 Å². The van der Waals surface area contributed by atoms with Crippen LogP contribution in [0.1, 0.15) is 21.6 Å². The minimum absolute atomic E-state index is 0.152. The molecule has 0 aliphatic heterocycles. The van der Waals surface area contributed by atoms with Crippen LogP contribution >= 0.6 is 15.9 Å². The molecule has 2 aromatic heterocycles. The largest absolute Gasteiger partial charge is 0.433 e. The van der Waals surface area contributed by atoms with Crippen LogP contribution in [0.25, 0.3) is 0 Å². The quantitative estimate of drug-likeness (QED) is 0.324. The normalized spacial score (nSPS) is 11.8. The van der Waals surface area contributed by atoms with Crippen molar-refractivity contribution in [2.75, 3.05) is 11.2 Å². The standard InChI is InChI=1S/C20H14BrF3N4O5S/c1-34(32,33)18-15(3-2-8-25-18)27(11-12-4-6-14(21)16(9-12)28(30)31)19(29)13-5-7-17(26-10-13)20(22,23)24/h2-10H,11H2,1H3. The van der Waals surface area contributed by atoms with Gasteiger partial charge < -0.3 is 4.90 Å². The van der Waals surface area contributed by atoms with E-state index >= 15 is 0 Å². The molecule has 0 radical (unpaired) electrons.